The van der Waals surface area contributed by atoms with E-state index in [1.807, 2.05) is 24.3 Å². The summed E-state index contributed by atoms with van der Waals surface area (Å²) < 4.78 is 46.3. The number of thioether (sulfide) groups is 1. The first-order valence-corrected chi connectivity index (χ1v) is 13.8. The number of methoxy groups -OCH3 is 1. The van der Waals surface area contributed by atoms with E-state index in [-0.39, 0.29) is 24.1 Å². The van der Waals surface area contributed by atoms with Gasteiger partial charge >= 0.3 is 6.18 Å². The van der Waals surface area contributed by atoms with Crippen LogP contribution in [-0.4, -0.2) is 46.0 Å². The van der Waals surface area contributed by atoms with Crippen LogP contribution in [0.15, 0.2) is 78.0 Å². The number of carbonyl (C=O) groups excluding carboxylic acids is 2. The molecule has 0 atom stereocenters. The molecule has 2 heterocycles. The minimum absolute atomic E-state index is 0.0469. The third kappa shape index (κ3) is 6.37. The van der Waals surface area contributed by atoms with E-state index in [1.165, 1.54) is 19.2 Å². The number of anilines is 1. The molecular weight excluding hydrogens is 555 g/mol. The second-order valence-corrected chi connectivity index (χ2v) is 10.2. The Morgan fingerprint density at radius 2 is 1.73 bits per heavy atom. The monoisotopic (exact) mass is 581 g/mol. The lowest BCUT2D eigenvalue weighted by atomic mass is 10.0. The fourth-order valence-electron chi connectivity index (χ4n) is 4.57. The SMILES string of the molecule is COc1ccc(C(=O)NCc2nnc(SCC(=O)N3CCCc4ccccc43)n2-c2ccc(C(F)(F)F)cc2)cc1. The molecule has 0 saturated carbocycles. The summed E-state index contributed by atoms with van der Waals surface area (Å²) in [5.41, 5.74) is 1.97. The van der Waals surface area contributed by atoms with E-state index < -0.39 is 11.7 Å². The van der Waals surface area contributed by atoms with Gasteiger partial charge in [0.05, 0.1) is 25.0 Å². The van der Waals surface area contributed by atoms with E-state index in [0.29, 0.717) is 34.5 Å². The van der Waals surface area contributed by atoms with Crippen molar-refractivity contribution in [3.63, 3.8) is 0 Å². The lowest BCUT2D eigenvalue weighted by Crippen LogP contribution is -2.36. The third-order valence-corrected chi connectivity index (χ3v) is 7.56. The van der Waals surface area contributed by atoms with E-state index in [4.69, 9.17) is 4.74 Å². The van der Waals surface area contributed by atoms with Crippen LogP contribution in [0.5, 0.6) is 5.75 Å². The molecule has 0 bridgehead atoms. The third-order valence-electron chi connectivity index (χ3n) is 6.65. The number of rotatable bonds is 8. The smallest absolute Gasteiger partial charge is 0.416 e. The number of para-hydroxylation sites is 1. The van der Waals surface area contributed by atoms with Gasteiger partial charge in [0.25, 0.3) is 5.91 Å². The molecule has 3 aromatic carbocycles. The molecule has 0 unspecified atom stereocenters. The summed E-state index contributed by atoms with van der Waals surface area (Å²) in [4.78, 5) is 27.7. The van der Waals surface area contributed by atoms with Crippen LogP contribution >= 0.6 is 11.8 Å². The Labute approximate surface area is 238 Å². The molecule has 0 radical (unpaired) electrons. The van der Waals surface area contributed by atoms with Gasteiger partial charge in [-0.1, -0.05) is 30.0 Å². The first kappa shape index (κ1) is 28.2. The summed E-state index contributed by atoms with van der Waals surface area (Å²) in [6.07, 6.45) is -2.73. The van der Waals surface area contributed by atoms with Crippen LogP contribution in [0.3, 0.4) is 0 Å². The van der Waals surface area contributed by atoms with Gasteiger partial charge in [0.15, 0.2) is 11.0 Å². The molecule has 4 aromatic rings. The first-order valence-electron chi connectivity index (χ1n) is 12.8. The molecule has 41 heavy (non-hydrogen) atoms. The minimum Gasteiger partial charge on any atom is -0.497 e. The second kappa shape index (κ2) is 12.0. The van der Waals surface area contributed by atoms with Crippen molar-refractivity contribution in [1.29, 1.82) is 0 Å². The van der Waals surface area contributed by atoms with Crippen LogP contribution in [0, 0.1) is 0 Å². The summed E-state index contributed by atoms with van der Waals surface area (Å²) in [6, 6.07) is 18.9. The zero-order valence-electron chi connectivity index (χ0n) is 22.0. The Kier molecular flexibility index (Phi) is 8.29. The second-order valence-electron chi connectivity index (χ2n) is 9.26. The van der Waals surface area contributed by atoms with Crippen molar-refractivity contribution in [2.75, 3.05) is 24.3 Å². The molecule has 0 fully saturated rings. The number of alkyl halides is 3. The van der Waals surface area contributed by atoms with Crippen LogP contribution in [0.1, 0.15) is 33.7 Å². The average Bonchev–Trinajstić information content (AvgIpc) is 3.40. The molecular formula is C29H26F3N5O3S. The van der Waals surface area contributed by atoms with E-state index >= 15 is 0 Å². The van der Waals surface area contributed by atoms with Crippen LogP contribution in [0.4, 0.5) is 18.9 Å². The molecule has 0 aliphatic carbocycles. The van der Waals surface area contributed by atoms with E-state index in [1.54, 1.807) is 33.7 Å². The maximum Gasteiger partial charge on any atom is 0.416 e. The number of nitrogens with zero attached hydrogens (tertiary/aromatic N) is 4. The Morgan fingerprint density at radius 1 is 1.00 bits per heavy atom. The summed E-state index contributed by atoms with van der Waals surface area (Å²) in [5.74, 6) is 0.463. The highest BCUT2D eigenvalue weighted by Crippen LogP contribution is 2.32. The van der Waals surface area contributed by atoms with Gasteiger partial charge in [0, 0.05) is 23.5 Å². The lowest BCUT2D eigenvalue weighted by molar-refractivity contribution is -0.137. The van der Waals surface area contributed by atoms with Crippen molar-refractivity contribution >= 4 is 29.3 Å². The van der Waals surface area contributed by atoms with Crippen LogP contribution in [0.2, 0.25) is 0 Å². The molecule has 12 heteroatoms. The lowest BCUT2D eigenvalue weighted by Gasteiger charge is -2.29. The number of carbonyl (C=O) groups is 2. The molecule has 5 rings (SSSR count). The molecule has 1 aromatic heterocycles. The Hall–Kier alpha value is -4.32. The molecule has 0 saturated heterocycles. The van der Waals surface area contributed by atoms with Gasteiger partial charge in [-0.05, 0) is 73.0 Å². The maximum atomic E-state index is 13.2. The van der Waals surface area contributed by atoms with Gasteiger partial charge in [-0.2, -0.15) is 13.2 Å². The van der Waals surface area contributed by atoms with Gasteiger partial charge in [0.1, 0.15) is 5.75 Å². The number of hydrogen-bond donors (Lipinski definition) is 1. The van der Waals surface area contributed by atoms with Gasteiger partial charge in [-0.3, -0.25) is 14.2 Å². The summed E-state index contributed by atoms with van der Waals surface area (Å²) in [7, 11) is 1.53. The van der Waals surface area contributed by atoms with Crippen LogP contribution in [-0.2, 0) is 23.9 Å². The number of halogens is 3. The molecule has 8 nitrogen and oxygen atoms in total. The quantitative estimate of drug-likeness (QED) is 0.284. The number of fused-ring (bicyclic) bond motifs is 1. The normalized spacial score (nSPS) is 13.0. The highest BCUT2D eigenvalue weighted by atomic mass is 32.2. The zero-order valence-corrected chi connectivity index (χ0v) is 22.8. The minimum atomic E-state index is -4.49. The summed E-state index contributed by atoms with van der Waals surface area (Å²) >= 11 is 1.13. The highest BCUT2D eigenvalue weighted by molar-refractivity contribution is 7.99. The molecule has 1 aliphatic heterocycles. The van der Waals surface area contributed by atoms with Gasteiger partial charge in [-0.25, -0.2) is 0 Å². The predicted octanol–water partition coefficient (Wildman–Crippen LogP) is 5.30. The summed E-state index contributed by atoms with van der Waals surface area (Å²) in [6.45, 7) is 0.553. The van der Waals surface area contributed by atoms with Gasteiger partial charge in [0.2, 0.25) is 5.91 Å². The Bertz CT molecular complexity index is 1540. The van der Waals surface area contributed by atoms with E-state index in [9.17, 15) is 22.8 Å². The Balaban J connectivity index is 1.37. The summed E-state index contributed by atoms with van der Waals surface area (Å²) in [5, 5.41) is 11.5. The van der Waals surface area contributed by atoms with Crippen molar-refractivity contribution in [3.8, 4) is 11.4 Å². The topological polar surface area (TPSA) is 89.3 Å². The fourth-order valence-corrected chi connectivity index (χ4v) is 5.41. The number of aromatic nitrogens is 3. The standard InChI is InChI=1S/C29H26F3N5O3S/c1-40-23-14-8-20(9-15-23)27(39)33-17-25-34-35-28(37(25)22-12-10-21(11-13-22)29(30,31)32)41-18-26(38)36-16-4-6-19-5-2-3-7-24(19)36/h2-3,5,7-15H,4,6,16-18H2,1H3,(H,33,39). The number of hydrogen-bond acceptors (Lipinski definition) is 6. The average molecular weight is 582 g/mol. The van der Waals surface area contributed by atoms with Crippen molar-refractivity contribution in [2.24, 2.45) is 0 Å². The molecule has 2 amide bonds. The van der Waals surface area contributed by atoms with E-state index in [2.05, 4.69) is 15.5 Å². The predicted molar refractivity (Wildman–Crippen MR) is 148 cm³/mol. The number of ether oxygens (including phenoxy) is 1. The zero-order chi connectivity index (χ0) is 29.0. The highest BCUT2D eigenvalue weighted by Gasteiger charge is 2.30. The fraction of sp³-hybridized carbons (Fsp3) is 0.241. The Morgan fingerprint density at radius 3 is 2.44 bits per heavy atom. The molecule has 1 N–H and O–H groups in total. The van der Waals surface area contributed by atoms with Crippen molar-refractivity contribution in [2.45, 2.75) is 30.7 Å². The maximum absolute atomic E-state index is 13.2. The van der Waals surface area contributed by atoms with Crippen LogP contribution < -0.4 is 15.0 Å². The largest absolute Gasteiger partial charge is 0.497 e. The molecule has 1 aliphatic rings. The molecule has 0 spiro atoms. The van der Waals surface area contributed by atoms with Gasteiger partial charge in [-0.15, -0.1) is 10.2 Å². The van der Waals surface area contributed by atoms with Crippen molar-refractivity contribution in [1.82, 2.24) is 20.1 Å². The first-order chi connectivity index (χ1) is 19.7. The number of amides is 2. The van der Waals surface area contributed by atoms with Crippen molar-refractivity contribution in [3.05, 3.63) is 95.3 Å². The number of benzene rings is 3. The van der Waals surface area contributed by atoms with Gasteiger partial charge < -0.3 is 15.0 Å². The van der Waals surface area contributed by atoms with E-state index in [0.717, 1.165) is 48.0 Å². The molecule has 212 valence electrons. The number of nitrogens with one attached hydrogen (secondary N) is 1. The van der Waals surface area contributed by atoms with Crippen LogP contribution in [0.25, 0.3) is 5.69 Å². The number of aryl methyl sites for hydroxylation is 1. The van der Waals surface area contributed by atoms with Crippen molar-refractivity contribution < 1.29 is 27.5 Å².